The minimum absolute atomic E-state index is 0.0341. The third kappa shape index (κ3) is 4.33. The van der Waals surface area contributed by atoms with Gasteiger partial charge in [-0.3, -0.25) is 9.69 Å². The molecule has 0 unspecified atom stereocenters. The average Bonchev–Trinajstić information content (AvgIpc) is 2.47. The minimum Gasteiger partial charge on any atom is -0.355 e. The molecule has 1 saturated heterocycles. The summed E-state index contributed by atoms with van der Waals surface area (Å²) in [5.41, 5.74) is -0.880. The zero-order valence-electron chi connectivity index (χ0n) is 12.4. The molecule has 2 heterocycles. The Labute approximate surface area is 127 Å². The van der Waals surface area contributed by atoms with Gasteiger partial charge in [0.15, 0.2) is 0 Å². The second kappa shape index (κ2) is 6.95. The molecule has 0 aromatic carbocycles. The van der Waals surface area contributed by atoms with Gasteiger partial charge in [0, 0.05) is 32.7 Å². The number of pyridine rings is 1. The zero-order valence-corrected chi connectivity index (χ0v) is 12.4. The highest BCUT2D eigenvalue weighted by Gasteiger charge is 2.33. The number of halogens is 3. The monoisotopic (exact) mass is 316 g/mol. The molecule has 0 radical (unpaired) electrons. The molecule has 8 heteroatoms. The van der Waals surface area contributed by atoms with Crippen LogP contribution >= 0.6 is 0 Å². The third-order valence-corrected chi connectivity index (χ3v) is 3.46. The lowest BCUT2D eigenvalue weighted by Gasteiger charge is -2.35. The van der Waals surface area contributed by atoms with Gasteiger partial charge in [0.05, 0.1) is 6.54 Å². The topological polar surface area (TPSA) is 48.5 Å². The fourth-order valence-corrected chi connectivity index (χ4v) is 2.35. The SMILES string of the molecule is CCNC(=O)CN1CCN(c2cccc(C(F)(F)F)n2)CC1. The number of carbonyl (C=O) groups excluding carboxylic acids is 1. The molecule has 1 aromatic rings. The third-order valence-electron chi connectivity index (χ3n) is 3.46. The van der Waals surface area contributed by atoms with E-state index in [9.17, 15) is 18.0 Å². The van der Waals surface area contributed by atoms with Crippen LogP contribution < -0.4 is 10.2 Å². The summed E-state index contributed by atoms with van der Waals surface area (Å²) in [4.78, 5) is 19.0. The Kier molecular flexibility index (Phi) is 5.23. The van der Waals surface area contributed by atoms with Crippen LogP contribution in [0.25, 0.3) is 0 Å². The first-order valence-corrected chi connectivity index (χ1v) is 7.18. The fourth-order valence-electron chi connectivity index (χ4n) is 2.35. The van der Waals surface area contributed by atoms with Crippen molar-refractivity contribution in [3.05, 3.63) is 23.9 Å². The van der Waals surface area contributed by atoms with Crippen LogP contribution in [0.4, 0.5) is 19.0 Å². The van der Waals surface area contributed by atoms with Crippen molar-refractivity contribution in [2.24, 2.45) is 0 Å². The standard InChI is InChI=1S/C14H19F3N4O/c1-2-18-13(22)10-20-6-8-21(9-7-20)12-5-3-4-11(19-12)14(15,16)17/h3-5H,2,6-10H2,1H3,(H,18,22). The number of anilines is 1. The average molecular weight is 316 g/mol. The highest BCUT2D eigenvalue weighted by atomic mass is 19.4. The molecule has 0 aliphatic carbocycles. The molecule has 1 N–H and O–H groups in total. The molecule has 22 heavy (non-hydrogen) atoms. The van der Waals surface area contributed by atoms with Crippen LogP contribution in [0.15, 0.2) is 18.2 Å². The highest BCUT2D eigenvalue weighted by Crippen LogP contribution is 2.29. The number of rotatable bonds is 4. The van der Waals surface area contributed by atoms with E-state index < -0.39 is 11.9 Å². The summed E-state index contributed by atoms with van der Waals surface area (Å²) in [5, 5.41) is 2.73. The summed E-state index contributed by atoms with van der Waals surface area (Å²) in [7, 11) is 0. The number of carbonyl (C=O) groups is 1. The summed E-state index contributed by atoms with van der Waals surface area (Å²) >= 11 is 0. The van der Waals surface area contributed by atoms with Crippen LogP contribution in [0.1, 0.15) is 12.6 Å². The summed E-state index contributed by atoms with van der Waals surface area (Å²) < 4.78 is 38.0. The Bertz CT molecular complexity index is 513. The highest BCUT2D eigenvalue weighted by molar-refractivity contribution is 5.77. The van der Waals surface area contributed by atoms with Gasteiger partial charge in [-0.2, -0.15) is 13.2 Å². The van der Waals surface area contributed by atoms with Crippen molar-refractivity contribution in [3.63, 3.8) is 0 Å². The van der Waals surface area contributed by atoms with Crippen LogP contribution in [0.5, 0.6) is 0 Å². The van der Waals surface area contributed by atoms with Crippen LogP contribution in [0.3, 0.4) is 0 Å². The van der Waals surface area contributed by atoms with Gasteiger partial charge in [-0.15, -0.1) is 0 Å². The number of piperazine rings is 1. The van der Waals surface area contributed by atoms with E-state index in [1.54, 1.807) is 6.07 Å². The first-order valence-electron chi connectivity index (χ1n) is 7.18. The van der Waals surface area contributed by atoms with Crippen molar-refractivity contribution in [3.8, 4) is 0 Å². The molecule has 0 spiro atoms. The van der Waals surface area contributed by atoms with Gasteiger partial charge in [0.2, 0.25) is 5.91 Å². The molecule has 0 atom stereocenters. The van der Waals surface area contributed by atoms with E-state index in [0.29, 0.717) is 45.1 Å². The van der Waals surface area contributed by atoms with Gasteiger partial charge in [0.25, 0.3) is 0 Å². The first kappa shape index (κ1) is 16.5. The minimum atomic E-state index is -4.43. The van der Waals surface area contributed by atoms with Gasteiger partial charge in [-0.1, -0.05) is 6.07 Å². The second-order valence-electron chi connectivity index (χ2n) is 5.10. The van der Waals surface area contributed by atoms with Gasteiger partial charge in [-0.05, 0) is 19.1 Å². The maximum absolute atomic E-state index is 12.7. The molecule has 0 bridgehead atoms. The molecular weight excluding hydrogens is 297 g/mol. The quantitative estimate of drug-likeness (QED) is 0.911. The van der Waals surface area contributed by atoms with Crippen LogP contribution in [-0.2, 0) is 11.0 Å². The van der Waals surface area contributed by atoms with E-state index in [0.717, 1.165) is 6.07 Å². The number of amides is 1. The van der Waals surface area contributed by atoms with Gasteiger partial charge < -0.3 is 10.2 Å². The Hall–Kier alpha value is -1.83. The Morgan fingerprint density at radius 3 is 2.55 bits per heavy atom. The van der Waals surface area contributed by atoms with Gasteiger partial charge >= 0.3 is 6.18 Å². The van der Waals surface area contributed by atoms with E-state index in [1.165, 1.54) is 6.07 Å². The molecule has 1 aliphatic heterocycles. The number of hydrogen-bond acceptors (Lipinski definition) is 4. The van der Waals surface area contributed by atoms with E-state index in [-0.39, 0.29) is 5.91 Å². The fraction of sp³-hybridized carbons (Fsp3) is 0.571. The molecule has 122 valence electrons. The number of aromatic nitrogens is 1. The second-order valence-corrected chi connectivity index (χ2v) is 5.10. The maximum atomic E-state index is 12.7. The lowest BCUT2D eigenvalue weighted by molar-refractivity contribution is -0.141. The van der Waals surface area contributed by atoms with E-state index >= 15 is 0 Å². The van der Waals surface area contributed by atoms with Crippen molar-refractivity contribution < 1.29 is 18.0 Å². The van der Waals surface area contributed by atoms with Gasteiger partial charge in [-0.25, -0.2) is 4.98 Å². The maximum Gasteiger partial charge on any atom is 0.433 e. The normalized spacial score (nSPS) is 16.6. The Morgan fingerprint density at radius 1 is 1.27 bits per heavy atom. The zero-order chi connectivity index (χ0) is 16.2. The van der Waals surface area contributed by atoms with E-state index in [1.807, 2.05) is 16.7 Å². The smallest absolute Gasteiger partial charge is 0.355 e. The Morgan fingerprint density at radius 2 is 1.95 bits per heavy atom. The predicted molar refractivity (Wildman–Crippen MR) is 76.6 cm³/mol. The van der Waals surface area contributed by atoms with Crippen LogP contribution in [0.2, 0.25) is 0 Å². The summed E-state index contributed by atoms with van der Waals surface area (Å²) in [6.45, 7) is 5.10. The molecule has 5 nitrogen and oxygen atoms in total. The summed E-state index contributed by atoms with van der Waals surface area (Å²) in [5.74, 6) is 0.292. The first-order chi connectivity index (χ1) is 10.4. The predicted octanol–water partition coefficient (Wildman–Crippen LogP) is 1.36. The number of nitrogens with one attached hydrogen (secondary N) is 1. The van der Waals surface area contributed by atoms with Crippen LogP contribution in [0, 0.1) is 0 Å². The molecule has 0 saturated carbocycles. The molecule has 1 amide bonds. The molecular formula is C14H19F3N4O. The molecule has 1 aliphatic rings. The van der Waals surface area contributed by atoms with Crippen molar-refractivity contribution in [2.45, 2.75) is 13.1 Å². The van der Waals surface area contributed by atoms with E-state index in [4.69, 9.17) is 0 Å². The van der Waals surface area contributed by atoms with Gasteiger partial charge in [0.1, 0.15) is 11.5 Å². The van der Waals surface area contributed by atoms with Crippen molar-refractivity contribution >= 4 is 11.7 Å². The Balaban J connectivity index is 1.93. The van der Waals surface area contributed by atoms with Crippen molar-refractivity contribution in [1.29, 1.82) is 0 Å². The van der Waals surface area contributed by atoms with Crippen molar-refractivity contribution in [2.75, 3.05) is 44.2 Å². The lowest BCUT2D eigenvalue weighted by Crippen LogP contribution is -2.49. The summed E-state index contributed by atoms with van der Waals surface area (Å²) in [6.07, 6.45) is -4.43. The molecule has 1 aromatic heterocycles. The molecule has 1 fully saturated rings. The number of hydrogen-bond donors (Lipinski definition) is 1. The number of alkyl halides is 3. The number of nitrogens with zero attached hydrogens (tertiary/aromatic N) is 3. The molecule has 2 rings (SSSR count). The number of likely N-dealkylation sites (N-methyl/N-ethyl adjacent to an activating group) is 1. The largest absolute Gasteiger partial charge is 0.433 e. The van der Waals surface area contributed by atoms with E-state index in [2.05, 4.69) is 10.3 Å². The lowest BCUT2D eigenvalue weighted by atomic mass is 10.2. The van der Waals surface area contributed by atoms with Crippen molar-refractivity contribution in [1.82, 2.24) is 15.2 Å². The summed E-state index contributed by atoms with van der Waals surface area (Å²) in [6, 6.07) is 3.91. The van der Waals surface area contributed by atoms with Crippen LogP contribution in [-0.4, -0.2) is 55.1 Å².